The van der Waals surface area contributed by atoms with Crippen molar-refractivity contribution in [1.29, 1.82) is 0 Å². The zero-order valence-corrected chi connectivity index (χ0v) is 11.8. The number of ether oxygens (including phenoxy) is 1. The first-order valence-corrected chi connectivity index (χ1v) is 7.12. The Balaban J connectivity index is 1.69. The number of para-hydroxylation sites is 1. The van der Waals surface area contributed by atoms with Crippen molar-refractivity contribution in [3.05, 3.63) is 66.2 Å². The summed E-state index contributed by atoms with van der Waals surface area (Å²) in [6.45, 7) is 0. The minimum atomic E-state index is -0.0951. The van der Waals surface area contributed by atoms with Gasteiger partial charge in [0, 0.05) is 36.3 Å². The van der Waals surface area contributed by atoms with E-state index in [4.69, 9.17) is 4.74 Å². The molecule has 0 spiro atoms. The molecule has 2 aliphatic rings. The SMILES string of the molecule is CN(c1ccccc1)c1ccc2c(c1)OC1N=CC=CC21. The molecule has 0 amide bonds. The smallest absolute Gasteiger partial charge is 0.199 e. The lowest BCUT2D eigenvalue weighted by atomic mass is 9.97. The van der Waals surface area contributed by atoms with E-state index < -0.39 is 0 Å². The average Bonchev–Trinajstić information content (AvgIpc) is 2.92. The summed E-state index contributed by atoms with van der Waals surface area (Å²) in [5.74, 6) is 1.19. The molecule has 21 heavy (non-hydrogen) atoms. The van der Waals surface area contributed by atoms with Crippen LogP contribution >= 0.6 is 0 Å². The summed E-state index contributed by atoms with van der Waals surface area (Å²) in [5.41, 5.74) is 3.50. The topological polar surface area (TPSA) is 24.8 Å². The van der Waals surface area contributed by atoms with Gasteiger partial charge < -0.3 is 9.64 Å². The van der Waals surface area contributed by atoms with Crippen LogP contribution in [0.4, 0.5) is 11.4 Å². The maximum absolute atomic E-state index is 5.96. The largest absolute Gasteiger partial charge is 0.467 e. The van der Waals surface area contributed by atoms with Crippen molar-refractivity contribution in [1.82, 2.24) is 0 Å². The number of fused-ring (bicyclic) bond motifs is 3. The Labute approximate surface area is 124 Å². The molecule has 104 valence electrons. The van der Waals surface area contributed by atoms with Gasteiger partial charge in [0.1, 0.15) is 5.75 Å². The Bertz CT molecular complexity index is 721. The van der Waals surface area contributed by atoms with E-state index in [9.17, 15) is 0 Å². The molecule has 0 radical (unpaired) electrons. The second-order valence-electron chi connectivity index (χ2n) is 5.33. The third-order valence-electron chi connectivity index (χ3n) is 4.08. The van der Waals surface area contributed by atoms with E-state index in [1.807, 2.05) is 30.5 Å². The molecular weight excluding hydrogens is 260 g/mol. The van der Waals surface area contributed by atoms with E-state index in [2.05, 4.69) is 53.3 Å². The molecule has 2 atom stereocenters. The summed E-state index contributed by atoms with van der Waals surface area (Å²) in [6, 6.07) is 16.7. The highest BCUT2D eigenvalue weighted by Gasteiger charge is 2.33. The molecule has 3 heteroatoms. The number of rotatable bonds is 2. The van der Waals surface area contributed by atoms with Crippen molar-refractivity contribution in [2.45, 2.75) is 12.1 Å². The van der Waals surface area contributed by atoms with Crippen molar-refractivity contribution >= 4 is 17.6 Å². The minimum absolute atomic E-state index is 0.0951. The first-order chi connectivity index (χ1) is 10.3. The molecule has 2 aliphatic heterocycles. The lowest BCUT2D eigenvalue weighted by Crippen LogP contribution is -2.16. The zero-order valence-electron chi connectivity index (χ0n) is 11.8. The quantitative estimate of drug-likeness (QED) is 0.831. The lowest BCUT2D eigenvalue weighted by molar-refractivity contribution is 0.230. The summed E-state index contributed by atoms with van der Waals surface area (Å²) in [5, 5.41) is 0. The first kappa shape index (κ1) is 12.2. The standard InChI is InChI=1S/C18H16N2O/c1-20(13-6-3-2-4-7-13)14-9-10-15-16-8-5-11-19-18(16)21-17(15)12-14/h2-12,16,18H,1H3. The number of anilines is 2. The van der Waals surface area contributed by atoms with E-state index >= 15 is 0 Å². The molecule has 0 saturated carbocycles. The summed E-state index contributed by atoms with van der Waals surface area (Å²) >= 11 is 0. The molecular formula is C18H16N2O. The fraction of sp³-hybridized carbons (Fsp3) is 0.167. The third kappa shape index (κ3) is 2.02. The number of dihydropyridines is 1. The van der Waals surface area contributed by atoms with Gasteiger partial charge in [0.05, 0.1) is 5.92 Å². The molecule has 4 rings (SSSR count). The summed E-state index contributed by atoms with van der Waals surface area (Å²) in [6.07, 6.45) is 5.86. The van der Waals surface area contributed by atoms with Gasteiger partial charge in [-0.25, -0.2) is 4.99 Å². The Morgan fingerprint density at radius 1 is 1.05 bits per heavy atom. The molecule has 0 aromatic heterocycles. The number of hydrogen-bond donors (Lipinski definition) is 0. The lowest BCUT2D eigenvalue weighted by Gasteiger charge is -2.20. The maximum atomic E-state index is 5.96. The Morgan fingerprint density at radius 2 is 1.90 bits per heavy atom. The van der Waals surface area contributed by atoms with Crippen molar-refractivity contribution in [2.75, 3.05) is 11.9 Å². The van der Waals surface area contributed by atoms with Crippen LogP contribution in [-0.2, 0) is 0 Å². The second kappa shape index (κ2) is 4.77. The normalized spacial score (nSPS) is 21.6. The van der Waals surface area contributed by atoms with Crippen molar-refractivity contribution in [3.8, 4) is 5.75 Å². The van der Waals surface area contributed by atoms with E-state index in [-0.39, 0.29) is 12.1 Å². The van der Waals surface area contributed by atoms with Crippen molar-refractivity contribution in [2.24, 2.45) is 4.99 Å². The third-order valence-corrected chi connectivity index (χ3v) is 4.08. The van der Waals surface area contributed by atoms with E-state index in [0.29, 0.717) is 0 Å². The molecule has 0 saturated heterocycles. The monoisotopic (exact) mass is 276 g/mol. The van der Waals surface area contributed by atoms with Crippen molar-refractivity contribution < 1.29 is 4.74 Å². The molecule has 2 heterocycles. The molecule has 2 unspecified atom stereocenters. The number of allylic oxidation sites excluding steroid dienone is 1. The van der Waals surface area contributed by atoms with E-state index in [1.165, 1.54) is 5.56 Å². The molecule has 0 aliphatic carbocycles. The van der Waals surface area contributed by atoms with Crippen LogP contribution in [0, 0.1) is 0 Å². The van der Waals surface area contributed by atoms with Gasteiger partial charge in [-0.2, -0.15) is 0 Å². The van der Waals surface area contributed by atoms with Gasteiger partial charge in [0.15, 0.2) is 6.23 Å². The Hall–Kier alpha value is -2.55. The Kier molecular flexibility index (Phi) is 2.78. The van der Waals surface area contributed by atoms with Crippen LogP contribution in [0.3, 0.4) is 0 Å². The van der Waals surface area contributed by atoms with Crippen LogP contribution < -0.4 is 9.64 Å². The molecule has 0 bridgehead atoms. The van der Waals surface area contributed by atoms with Gasteiger partial charge in [0.2, 0.25) is 0 Å². The van der Waals surface area contributed by atoms with Gasteiger partial charge in [-0.1, -0.05) is 30.3 Å². The summed E-state index contributed by atoms with van der Waals surface area (Å²) in [7, 11) is 2.07. The van der Waals surface area contributed by atoms with Gasteiger partial charge in [0.25, 0.3) is 0 Å². The van der Waals surface area contributed by atoms with E-state index in [1.54, 1.807) is 0 Å². The van der Waals surface area contributed by atoms with Crippen LogP contribution in [0.1, 0.15) is 11.5 Å². The van der Waals surface area contributed by atoms with E-state index in [0.717, 1.165) is 17.1 Å². The van der Waals surface area contributed by atoms with Crippen molar-refractivity contribution in [3.63, 3.8) is 0 Å². The summed E-state index contributed by atoms with van der Waals surface area (Å²) in [4.78, 5) is 6.55. The molecule has 0 N–H and O–H groups in total. The van der Waals surface area contributed by atoms with Crippen LogP contribution in [-0.4, -0.2) is 19.5 Å². The number of hydrogen-bond acceptors (Lipinski definition) is 3. The average molecular weight is 276 g/mol. The van der Waals surface area contributed by atoms with Gasteiger partial charge in [-0.3, -0.25) is 0 Å². The van der Waals surface area contributed by atoms with Gasteiger partial charge in [-0.15, -0.1) is 0 Å². The highest BCUT2D eigenvalue weighted by atomic mass is 16.5. The summed E-state index contributed by atoms with van der Waals surface area (Å²) < 4.78 is 5.96. The predicted octanol–water partition coefficient (Wildman–Crippen LogP) is 3.90. The molecule has 0 fully saturated rings. The number of aliphatic imine (C=N–C) groups is 1. The van der Waals surface area contributed by atoms with Crippen LogP contribution in [0.5, 0.6) is 5.75 Å². The predicted molar refractivity (Wildman–Crippen MR) is 85.7 cm³/mol. The van der Waals surface area contributed by atoms with Crippen LogP contribution in [0.15, 0.2) is 65.7 Å². The minimum Gasteiger partial charge on any atom is -0.467 e. The maximum Gasteiger partial charge on any atom is 0.199 e. The van der Waals surface area contributed by atoms with Crippen LogP contribution in [0.25, 0.3) is 0 Å². The fourth-order valence-corrected chi connectivity index (χ4v) is 2.89. The molecule has 2 aromatic rings. The van der Waals surface area contributed by atoms with Gasteiger partial charge in [-0.05, 0) is 24.3 Å². The number of nitrogens with zero attached hydrogens (tertiary/aromatic N) is 2. The van der Waals surface area contributed by atoms with Crippen LogP contribution in [0.2, 0.25) is 0 Å². The number of benzene rings is 2. The fourth-order valence-electron chi connectivity index (χ4n) is 2.89. The first-order valence-electron chi connectivity index (χ1n) is 7.12. The highest BCUT2D eigenvalue weighted by Crippen LogP contribution is 2.42. The second-order valence-corrected chi connectivity index (χ2v) is 5.33. The zero-order chi connectivity index (χ0) is 14.2. The Morgan fingerprint density at radius 3 is 2.76 bits per heavy atom. The molecule has 2 aromatic carbocycles. The van der Waals surface area contributed by atoms with Gasteiger partial charge >= 0.3 is 0 Å². The molecule has 3 nitrogen and oxygen atoms in total. The highest BCUT2D eigenvalue weighted by molar-refractivity contribution is 5.74.